The van der Waals surface area contributed by atoms with Crippen molar-refractivity contribution in [3.05, 3.63) is 87.5 Å². The SMILES string of the molecule is COc1cc2c(c(O)c1O)-c1c(cc(O)c(O)c1O)C(=O)OC1C(OC(=O)C3C=C(O)C(O)=C(O)C3)C(OC(=O)c3cc(O)c(O)c(O)c3)C(OC(O)C3=CC(O)=C(O)C(O)C3)O[C@H]1COC2=O. The summed E-state index contributed by atoms with van der Waals surface area (Å²) >= 11 is 0. The lowest BCUT2D eigenvalue weighted by molar-refractivity contribution is -0.326. The number of phenolic OH excluding ortho intramolecular Hbond substituents is 8. The van der Waals surface area contributed by atoms with Crippen LogP contribution in [0.3, 0.4) is 0 Å². The summed E-state index contributed by atoms with van der Waals surface area (Å²) in [6.07, 6.45) is -15.7. The molecule has 0 aromatic heterocycles. The van der Waals surface area contributed by atoms with Gasteiger partial charge in [-0.3, -0.25) is 4.79 Å². The molecule has 0 amide bonds. The predicted octanol–water partition coefficient (Wildman–Crippen LogP) is 1.71. The molecule has 0 saturated carbocycles. The fourth-order valence-electron chi connectivity index (χ4n) is 7.46. The van der Waals surface area contributed by atoms with Gasteiger partial charge in [-0.15, -0.1) is 0 Å². The highest BCUT2D eigenvalue weighted by Gasteiger charge is 2.55. The third-order valence-corrected chi connectivity index (χ3v) is 10.9. The Morgan fingerprint density at radius 3 is 1.97 bits per heavy atom. The molecular formula is C42H38O26. The van der Waals surface area contributed by atoms with Gasteiger partial charge in [0.05, 0.1) is 29.7 Å². The van der Waals surface area contributed by atoms with E-state index in [9.17, 15) is 95.8 Å². The number of hydrogen-bond acceptors (Lipinski definition) is 26. The van der Waals surface area contributed by atoms with Crippen LogP contribution in [0.2, 0.25) is 0 Å². The van der Waals surface area contributed by atoms with Crippen molar-refractivity contribution >= 4 is 23.9 Å². The third-order valence-electron chi connectivity index (χ3n) is 10.9. The van der Waals surface area contributed by atoms with Crippen LogP contribution in [0, 0.1) is 5.92 Å². The van der Waals surface area contributed by atoms with Crippen molar-refractivity contribution in [2.45, 2.75) is 55.9 Å². The molecule has 7 unspecified atom stereocenters. The molecule has 0 bridgehead atoms. The number of hydrogen-bond donors (Lipinski definition) is 15. The average molecular weight is 959 g/mol. The number of cyclic esters (lactones) is 1. The van der Waals surface area contributed by atoms with Gasteiger partial charge in [-0.2, -0.15) is 0 Å². The highest BCUT2D eigenvalue weighted by atomic mass is 16.8. The Hall–Kier alpha value is -8.46. The van der Waals surface area contributed by atoms with Crippen LogP contribution in [-0.4, -0.2) is 157 Å². The first-order chi connectivity index (χ1) is 32.0. The molecule has 362 valence electrons. The number of aliphatic hydroxyl groups excluding tert-OH is 7. The zero-order valence-electron chi connectivity index (χ0n) is 34.4. The molecule has 15 N–H and O–H groups in total. The Balaban J connectivity index is 1.42. The average Bonchev–Trinajstić information content (AvgIpc) is 3.30. The zero-order chi connectivity index (χ0) is 49.8. The summed E-state index contributed by atoms with van der Waals surface area (Å²) in [6.45, 7) is -1.16. The molecule has 2 heterocycles. The molecular weight excluding hydrogens is 920 g/mol. The number of esters is 4. The van der Waals surface area contributed by atoms with Gasteiger partial charge in [0.25, 0.3) is 0 Å². The van der Waals surface area contributed by atoms with E-state index in [4.69, 9.17) is 33.2 Å². The van der Waals surface area contributed by atoms with Crippen molar-refractivity contribution in [2.24, 2.45) is 5.92 Å². The summed E-state index contributed by atoms with van der Waals surface area (Å²) in [5.41, 5.74) is -4.93. The molecule has 2 aliphatic heterocycles. The highest BCUT2D eigenvalue weighted by molar-refractivity contribution is 6.08. The third kappa shape index (κ3) is 8.57. The number of phenols is 8. The molecule has 3 aromatic rings. The minimum absolute atomic E-state index is 0.399. The summed E-state index contributed by atoms with van der Waals surface area (Å²) in [7, 11) is 1.01. The maximum Gasteiger partial charge on any atom is 0.339 e. The van der Waals surface area contributed by atoms with E-state index in [0.29, 0.717) is 24.3 Å². The van der Waals surface area contributed by atoms with Crippen LogP contribution in [0.5, 0.6) is 51.7 Å². The number of aromatic hydroxyl groups is 8. The molecule has 68 heavy (non-hydrogen) atoms. The second-order valence-electron chi connectivity index (χ2n) is 15.2. The molecule has 4 aliphatic rings. The van der Waals surface area contributed by atoms with Gasteiger partial charge in [-0.1, -0.05) is 0 Å². The number of carbonyl (C=O) groups excluding carboxylic acids is 4. The summed E-state index contributed by atoms with van der Waals surface area (Å²) in [5, 5.41) is 157. The second-order valence-corrected chi connectivity index (χ2v) is 15.2. The molecule has 0 spiro atoms. The molecule has 1 fully saturated rings. The van der Waals surface area contributed by atoms with Crippen molar-refractivity contribution in [1.82, 2.24) is 0 Å². The Labute approximate surface area is 378 Å². The van der Waals surface area contributed by atoms with Crippen LogP contribution in [0.15, 0.2) is 70.8 Å². The van der Waals surface area contributed by atoms with Gasteiger partial charge in [-0.05, 0) is 42.0 Å². The Bertz CT molecular complexity index is 2730. The molecule has 2 aliphatic carbocycles. The van der Waals surface area contributed by atoms with Gasteiger partial charge in [0.1, 0.15) is 24.6 Å². The molecule has 0 radical (unpaired) electrons. The predicted molar refractivity (Wildman–Crippen MR) is 215 cm³/mol. The van der Waals surface area contributed by atoms with Crippen molar-refractivity contribution < 1.29 is 129 Å². The van der Waals surface area contributed by atoms with E-state index in [1.165, 1.54) is 0 Å². The summed E-state index contributed by atoms with van der Waals surface area (Å²) in [4.78, 5) is 56.6. The first kappa shape index (κ1) is 47.5. The van der Waals surface area contributed by atoms with Gasteiger partial charge in [0, 0.05) is 24.0 Å². The smallest absolute Gasteiger partial charge is 0.339 e. The van der Waals surface area contributed by atoms with E-state index in [1.54, 1.807) is 0 Å². The lowest BCUT2D eigenvalue weighted by atomic mass is 9.91. The van der Waals surface area contributed by atoms with Crippen molar-refractivity contribution in [1.29, 1.82) is 0 Å². The molecule has 26 heteroatoms. The van der Waals surface area contributed by atoms with E-state index in [-0.39, 0.29) is 0 Å². The van der Waals surface area contributed by atoms with Gasteiger partial charge in [-0.25, -0.2) is 14.4 Å². The molecule has 1 saturated heterocycles. The number of carbonyl (C=O) groups is 4. The molecule has 7 rings (SSSR count). The number of rotatable bonds is 8. The normalized spacial score (nSPS) is 24.4. The lowest BCUT2D eigenvalue weighted by Crippen LogP contribution is -2.63. The number of allylic oxidation sites excluding steroid dienone is 2. The number of aliphatic hydroxyl groups is 7. The summed E-state index contributed by atoms with van der Waals surface area (Å²) in [6, 6.07) is 2.40. The van der Waals surface area contributed by atoms with E-state index in [1.807, 2.05) is 0 Å². The van der Waals surface area contributed by atoms with Crippen molar-refractivity contribution in [3.63, 3.8) is 0 Å². The number of benzene rings is 3. The fraction of sp³-hybridized carbons (Fsp3) is 0.286. The number of fused-ring (bicyclic) bond motifs is 4. The highest BCUT2D eigenvalue weighted by Crippen LogP contribution is 2.53. The zero-order valence-corrected chi connectivity index (χ0v) is 34.4. The van der Waals surface area contributed by atoms with Crippen molar-refractivity contribution in [2.75, 3.05) is 13.7 Å². The maximum absolute atomic E-state index is 14.5. The van der Waals surface area contributed by atoms with E-state index in [0.717, 1.165) is 19.3 Å². The van der Waals surface area contributed by atoms with Crippen LogP contribution in [0.1, 0.15) is 43.9 Å². The Morgan fingerprint density at radius 1 is 0.735 bits per heavy atom. The number of methoxy groups -OCH3 is 1. The first-order valence-electron chi connectivity index (χ1n) is 19.5. The summed E-state index contributed by atoms with van der Waals surface area (Å²) < 4.78 is 39.4. The summed E-state index contributed by atoms with van der Waals surface area (Å²) in [5.74, 6) is -23.0. The first-order valence-corrected chi connectivity index (χ1v) is 19.5. The second kappa shape index (κ2) is 18.1. The largest absolute Gasteiger partial charge is 0.508 e. The standard InChI is InChI=1S/C42H38O26/c1-62-23-9-15-26(33(56)31(23)54)25-14(8-22(49)30(53)32(25)55)41(61)65-34-24(10-63-40(15)60)64-42(68-39(59)13-6-20(47)29(52)21(48)7-13)36(67-38(58)12-4-18(45)28(51)19(46)5-12)35(34)66-37(57)11-2-16(43)27(50)17(44)3-11/h2,4-6,8-9,11,21,24,34-36,39,42-56,59H,3,7,10H2,1H3/t11?,21?,24-,34?,35?,36?,39?,42?/m0/s1. The van der Waals surface area contributed by atoms with Crippen LogP contribution >= 0.6 is 0 Å². The van der Waals surface area contributed by atoms with Gasteiger partial charge in [0.2, 0.25) is 17.8 Å². The molecule has 3 aromatic carbocycles. The number of ether oxygens (including phenoxy) is 7. The van der Waals surface area contributed by atoms with E-state index in [2.05, 4.69) is 0 Å². The van der Waals surface area contributed by atoms with Crippen LogP contribution in [0.4, 0.5) is 0 Å². The molecule has 26 nitrogen and oxygen atoms in total. The molecule has 8 atom stereocenters. The van der Waals surface area contributed by atoms with Crippen LogP contribution in [-0.2, 0) is 33.2 Å². The van der Waals surface area contributed by atoms with Crippen LogP contribution < -0.4 is 4.74 Å². The fourth-order valence-corrected chi connectivity index (χ4v) is 7.46. The van der Waals surface area contributed by atoms with E-state index >= 15 is 0 Å². The maximum atomic E-state index is 14.5. The Morgan fingerprint density at radius 2 is 1.35 bits per heavy atom. The monoisotopic (exact) mass is 958 g/mol. The van der Waals surface area contributed by atoms with Crippen molar-refractivity contribution in [3.8, 4) is 62.9 Å². The van der Waals surface area contributed by atoms with Gasteiger partial charge < -0.3 is 110 Å². The van der Waals surface area contributed by atoms with Gasteiger partial charge >= 0.3 is 23.9 Å². The quantitative estimate of drug-likeness (QED) is 0.0661. The Kier molecular flexibility index (Phi) is 12.6. The minimum Gasteiger partial charge on any atom is -0.508 e. The lowest BCUT2D eigenvalue weighted by Gasteiger charge is -2.45. The minimum atomic E-state index is -2.43. The van der Waals surface area contributed by atoms with Gasteiger partial charge in [0.15, 0.2) is 87.9 Å². The van der Waals surface area contributed by atoms with E-state index < -0.39 is 206 Å². The van der Waals surface area contributed by atoms with Crippen LogP contribution in [0.25, 0.3) is 11.1 Å². The topological polar surface area (TPSA) is 436 Å².